The van der Waals surface area contributed by atoms with Gasteiger partial charge >= 0.3 is 0 Å². The topological polar surface area (TPSA) is 87.2 Å². The third-order valence-electron chi connectivity index (χ3n) is 4.18. The Morgan fingerprint density at radius 3 is 2.30 bits per heavy atom. The molecule has 23 heavy (non-hydrogen) atoms. The molecule has 0 aliphatic carbocycles. The molecule has 0 spiro atoms. The largest absolute Gasteiger partial charge is 0.326 e. The van der Waals surface area contributed by atoms with E-state index in [1.807, 2.05) is 36.4 Å². The highest BCUT2D eigenvalue weighted by Crippen LogP contribution is 2.30. The lowest BCUT2D eigenvalue weighted by atomic mass is 9.95. The molecule has 2 atom stereocenters. The Morgan fingerprint density at radius 1 is 1.04 bits per heavy atom. The van der Waals surface area contributed by atoms with Gasteiger partial charge in [0, 0.05) is 25.0 Å². The van der Waals surface area contributed by atoms with Gasteiger partial charge in [-0.1, -0.05) is 30.3 Å². The summed E-state index contributed by atoms with van der Waals surface area (Å²) in [6.07, 6.45) is 0. The van der Waals surface area contributed by atoms with Gasteiger partial charge in [0.1, 0.15) is 0 Å². The van der Waals surface area contributed by atoms with E-state index in [-0.39, 0.29) is 16.9 Å². The quantitative estimate of drug-likeness (QED) is 0.929. The summed E-state index contributed by atoms with van der Waals surface area (Å²) in [7, 11) is -3.59. The van der Waals surface area contributed by atoms with Crippen molar-refractivity contribution in [3.8, 4) is 6.07 Å². The van der Waals surface area contributed by atoms with Gasteiger partial charge in [0.2, 0.25) is 10.0 Å². The second-order valence-electron chi connectivity index (χ2n) is 5.64. The Morgan fingerprint density at radius 2 is 1.70 bits per heavy atom. The first-order valence-corrected chi connectivity index (χ1v) is 8.77. The van der Waals surface area contributed by atoms with Crippen molar-refractivity contribution in [3.05, 3.63) is 65.7 Å². The molecule has 2 N–H and O–H groups in total. The third-order valence-corrected chi connectivity index (χ3v) is 6.03. The van der Waals surface area contributed by atoms with Crippen LogP contribution < -0.4 is 5.73 Å². The number of rotatable bonds is 3. The van der Waals surface area contributed by atoms with Crippen LogP contribution in [0.15, 0.2) is 59.5 Å². The number of hydrogen-bond acceptors (Lipinski definition) is 4. The number of benzene rings is 2. The lowest BCUT2D eigenvalue weighted by Gasteiger charge is -2.16. The van der Waals surface area contributed by atoms with Crippen molar-refractivity contribution in [1.29, 1.82) is 5.26 Å². The van der Waals surface area contributed by atoms with Gasteiger partial charge in [0.15, 0.2) is 0 Å². The van der Waals surface area contributed by atoms with E-state index < -0.39 is 10.0 Å². The molecule has 0 bridgehead atoms. The van der Waals surface area contributed by atoms with Gasteiger partial charge in [0.25, 0.3) is 0 Å². The molecule has 0 aromatic heterocycles. The monoisotopic (exact) mass is 327 g/mol. The van der Waals surface area contributed by atoms with E-state index in [0.717, 1.165) is 5.56 Å². The van der Waals surface area contributed by atoms with Crippen LogP contribution in [0.5, 0.6) is 0 Å². The fraction of sp³-hybridized carbons (Fsp3) is 0.235. The lowest BCUT2D eigenvalue weighted by Crippen LogP contribution is -2.32. The highest BCUT2D eigenvalue weighted by atomic mass is 32.2. The van der Waals surface area contributed by atoms with Crippen LogP contribution in [-0.2, 0) is 10.0 Å². The Kier molecular flexibility index (Phi) is 4.18. The summed E-state index contributed by atoms with van der Waals surface area (Å²) >= 11 is 0. The second kappa shape index (κ2) is 6.13. The fourth-order valence-corrected chi connectivity index (χ4v) is 4.39. The molecular formula is C17H17N3O2S. The molecule has 2 aromatic carbocycles. The van der Waals surface area contributed by atoms with Crippen LogP contribution in [0.1, 0.15) is 17.0 Å². The molecule has 3 rings (SSSR count). The normalized spacial score (nSPS) is 21.9. The van der Waals surface area contributed by atoms with Crippen LogP contribution in [0.25, 0.3) is 0 Å². The Hall–Kier alpha value is -2.20. The maximum absolute atomic E-state index is 12.7. The minimum absolute atomic E-state index is 0.00985. The van der Waals surface area contributed by atoms with Crippen molar-refractivity contribution in [2.75, 3.05) is 13.1 Å². The summed E-state index contributed by atoms with van der Waals surface area (Å²) in [5, 5.41) is 8.81. The minimum Gasteiger partial charge on any atom is -0.326 e. The van der Waals surface area contributed by atoms with Gasteiger partial charge in [-0.25, -0.2) is 8.42 Å². The van der Waals surface area contributed by atoms with Gasteiger partial charge in [0.05, 0.1) is 16.5 Å². The van der Waals surface area contributed by atoms with Crippen LogP contribution in [0, 0.1) is 11.3 Å². The van der Waals surface area contributed by atoms with Gasteiger partial charge < -0.3 is 5.73 Å². The van der Waals surface area contributed by atoms with Crippen LogP contribution in [-0.4, -0.2) is 31.9 Å². The van der Waals surface area contributed by atoms with Crippen molar-refractivity contribution in [3.63, 3.8) is 0 Å². The Balaban J connectivity index is 1.86. The summed E-state index contributed by atoms with van der Waals surface area (Å²) in [6, 6.07) is 17.4. The predicted octanol–water partition coefficient (Wildman–Crippen LogP) is 1.67. The Labute approximate surface area is 136 Å². The van der Waals surface area contributed by atoms with Gasteiger partial charge in [-0.05, 0) is 29.8 Å². The molecule has 118 valence electrons. The fourth-order valence-electron chi connectivity index (χ4n) is 2.89. The molecule has 0 amide bonds. The average molecular weight is 327 g/mol. The molecule has 1 fully saturated rings. The highest BCUT2D eigenvalue weighted by molar-refractivity contribution is 7.89. The van der Waals surface area contributed by atoms with E-state index in [1.54, 1.807) is 0 Å². The zero-order valence-electron chi connectivity index (χ0n) is 12.5. The van der Waals surface area contributed by atoms with Gasteiger partial charge in [-0.2, -0.15) is 9.57 Å². The molecule has 0 radical (unpaired) electrons. The van der Waals surface area contributed by atoms with Crippen molar-refractivity contribution >= 4 is 10.0 Å². The van der Waals surface area contributed by atoms with Crippen molar-refractivity contribution < 1.29 is 8.42 Å². The zero-order chi connectivity index (χ0) is 16.4. The molecule has 1 heterocycles. The molecular weight excluding hydrogens is 310 g/mol. The predicted molar refractivity (Wildman–Crippen MR) is 87.1 cm³/mol. The molecule has 1 aliphatic heterocycles. The maximum Gasteiger partial charge on any atom is 0.243 e. The van der Waals surface area contributed by atoms with E-state index in [0.29, 0.717) is 18.7 Å². The number of nitrogens with zero attached hydrogens (tertiary/aromatic N) is 2. The van der Waals surface area contributed by atoms with Crippen molar-refractivity contribution in [2.45, 2.75) is 16.9 Å². The first-order valence-electron chi connectivity index (χ1n) is 7.33. The third kappa shape index (κ3) is 2.99. The second-order valence-corrected chi connectivity index (χ2v) is 7.58. The van der Waals surface area contributed by atoms with E-state index in [9.17, 15) is 8.42 Å². The number of hydrogen-bond donors (Lipinski definition) is 1. The van der Waals surface area contributed by atoms with E-state index >= 15 is 0 Å². The SMILES string of the molecule is N#Cc1ccc(S(=O)(=O)N2C[C@@H](N)[C@H](c3ccccc3)C2)cc1. The summed E-state index contributed by atoms with van der Waals surface area (Å²) < 4.78 is 26.9. The molecule has 1 saturated heterocycles. The highest BCUT2D eigenvalue weighted by Gasteiger charge is 2.38. The Bertz CT molecular complexity index is 826. The van der Waals surface area contributed by atoms with Crippen LogP contribution in [0.3, 0.4) is 0 Å². The van der Waals surface area contributed by atoms with Crippen LogP contribution >= 0.6 is 0 Å². The van der Waals surface area contributed by atoms with Crippen LogP contribution in [0.4, 0.5) is 0 Å². The van der Waals surface area contributed by atoms with Crippen molar-refractivity contribution in [2.24, 2.45) is 5.73 Å². The standard InChI is InChI=1S/C17H17N3O2S/c18-10-13-6-8-15(9-7-13)23(21,22)20-11-16(17(19)12-20)14-4-2-1-3-5-14/h1-9,16-17H,11-12,19H2/t16-,17+/m0/s1. The number of nitriles is 1. The smallest absolute Gasteiger partial charge is 0.243 e. The molecule has 0 unspecified atom stereocenters. The summed E-state index contributed by atoms with van der Waals surface area (Å²) in [5.41, 5.74) is 7.66. The van der Waals surface area contributed by atoms with E-state index in [2.05, 4.69) is 0 Å². The van der Waals surface area contributed by atoms with Gasteiger partial charge in [-0.3, -0.25) is 0 Å². The molecule has 2 aromatic rings. The summed E-state index contributed by atoms with van der Waals surface area (Å²) in [5.74, 6) is -0.00985. The molecule has 6 heteroatoms. The van der Waals surface area contributed by atoms with Crippen molar-refractivity contribution in [1.82, 2.24) is 4.31 Å². The zero-order valence-corrected chi connectivity index (χ0v) is 13.3. The molecule has 1 aliphatic rings. The summed E-state index contributed by atoms with van der Waals surface area (Å²) in [4.78, 5) is 0.192. The van der Waals surface area contributed by atoms with Gasteiger partial charge in [-0.15, -0.1) is 0 Å². The lowest BCUT2D eigenvalue weighted by molar-refractivity contribution is 0.470. The maximum atomic E-state index is 12.7. The summed E-state index contributed by atoms with van der Waals surface area (Å²) in [6.45, 7) is 0.662. The first-order chi connectivity index (χ1) is 11.0. The van der Waals surface area contributed by atoms with E-state index in [4.69, 9.17) is 11.0 Å². The van der Waals surface area contributed by atoms with Crippen LogP contribution in [0.2, 0.25) is 0 Å². The average Bonchev–Trinajstić information content (AvgIpc) is 2.98. The number of sulfonamides is 1. The molecule has 0 saturated carbocycles. The first kappa shape index (κ1) is 15.7. The number of nitrogens with two attached hydrogens (primary N) is 1. The van der Waals surface area contributed by atoms with E-state index in [1.165, 1.54) is 28.6 Å². The minimum atomic E-state index is -3.59. The molecule has 5 nitrogen and oxygen atoms in total.